The molecule has 2 rings (SSSR count). The summed E-state index contributed by atoms with van der Waals surface area (Å²) in [6.07, 6.45) is 1.68. The normalized spacial score (nSPS) is 10.2. The minimum atomic E-state index is 0.568. The lowest BCUT2D eigenvalue weighted by Crippen LogP contribution is -1.96. The fourth-order valence-corrected chi connectivity index (χ4v) is 1.44. The summed E-state index contributed by atoms with van der Waals surface area (Å²) >= 11 is 0. The van der Waals surface area contributed by atoms with Crippen LogP contribution in [0.2, 0.25) is 0 Å². The van der Waals surface area contributed by atoms with Gasteiger partial charge in [-0.1, -0.05) is 12.6 Å². The molecule has 2 aromatic heterocycles. The third-order valence-electron chi connectivity index (χ3n) is 2.22. The monoisotopic (exact) mass is 230 g/mol. The molecule has 0 saturated heterocycles. The molecule has 5 heteroatoms. The first-order chi connectivity index (χ1) is 8.20. The second-order valence-electron chi connectivity index (χ2n) is 3.48. The van der Waals surface area contributed by atoms with E-state index in [-0.39, 0.29) is 0 Å². The van der Waals surface area contributed by atoms with E-state index in [1.54, 1.807) is 13.2 Å². The van der Waals surface area contributed by atoms with E-state index in [0.29, 0.717) is 12.4 Å². The van der Waals surface area contributed by atoms with Crippen molar-refractivity contribution in [1.29, 1.82) is 0 Å². The largest absolute Gasteiger partial charge is 0.492 e. The molecule has 0 fully saturated rings. The Morgan fingerprint density at radius 1 is 1.41 bits per heavy atom. The smallest absolute Gasteiger partial charge is 0.137 e. The van der Waals surface area contributed by atoms with E-state index in [9.17, 15) is 0 Å². The molecule has 2 heterocycles. The SMILES string of the molecule is C=C(OCC)c1cccc(-c2cnn(C)n2)n1. The molecule has 0 aliphatic carbocycles. The number of pyridine rings is 1. The van der Waals surface area contributed by atoms with Crippen LogP contribution in [0.25, 0.3) is 17.1 Å². The van der Waals surface area contributed by atoms with Crippen LogP contribution in [0.3, 0.4) is 0 Å². The standard InChI is InChI=1S/C12H14N4O/c1-4-17-9(2)10-6-5-7-11(14-10)12-8-13-16(3)15-12/h5-8H,2,4H2,1,3H3. The average molecular weight is 230 g/mol. The van der Waals surface area contributed by atoms with Crippen LogP contribution in [0, 0.1) is 0 Å². The molecule has 0 aliphatic heterocycles. The Hall–Kier alpha value is -2.17. The molecule has 0 atom stereocenters. The summed E-state index contributed by atoms with van der Waals surface area (Å²) in [6.45, 7) is 6.32. The molecule has 0 amide bonds. The predicted octanol–water partition coefficient (Wildman–Crippen LogP) is 1.88. The number of rotatable bonds is 4. The molecule has 0 spiro atoms. The summed E-state index contributed by atoms with van der Waals surface area (Å²) in [5.74, 6) is 0.568. The zero-order valence-corrected chi connectivity index (χ0v) is 9.92. The van der Waals surface area contributed by atoms with Crippen molar-refractivity contribution in [1.82, 2.24) is 20.0 Å². The summed E-state index contributed by atoms with van der Waals surface area (Å²) in [7, 11) is 1.77. The van der Waals surface area contributed by atoms with E-state index in [0.717, 1.165) is 17.1 Å². The van der Waals surface area contributed by atoms with Crippen molar-refractivity contribution in [2.75, 3.05) is 6.61 Å². The van der Waals surface area contributed by atoms with Crippen molar-refractivity contribution in [3.05, 3.63) is 36.7 Å². The average Bonchev–Trinajstić information content (AvgIpc) is 2.76. The van der Waals surface area contributed by atoms with Crippen LogP contribution in [-0.2, 0) is 11.8 Å². The number of hydrogen-bond donors (Lipinski definition) is 0. The van der Waals surface area contributed by atoms with Gasteiger partial charge in [0.25, 0.3) is 0 Å². The number of aryl methyl sites for hydroxylation is 1. The lowest BCUT2D eigenvalue weighted by molar-refractivity contribution is 0.298. The zero-order chi connectivity index (χ0) is 12.3. The maximum absolute atomic E-state index is 5.33. The Bertz CT molecular complexity index is 533. The maximum Gasteiger partial charge on any atom is 0.137 e. The first-order valence-corrected chi connectivity index (χ1v) is 5.36. The van der Waals surface area contributed by atoms with Gasteiger partial charge in [0, 0.05) is 7.05 Å². The highest BCUT2D eigenvalue weighted by Gasteiger charge is 2.07. The van der Waals surface area contributed by atoms with E-state index in [4.69, 9.17) is 4.74 Å². The van der Waals surface area contributed by atoms with Gasteiger partial charge in [-0.05, 0) is 19.1 Å². The second kappa shape index (κ2) is 4.78. The molecule has 0 aromatic carbocycles. The summed E-state index contributed by atoms with van der Waals surface area (Å²) in [4.78, 5) is 5.94. The van der Waals surface area contributed by atoms with Crippen LogP contribution in [0.15, 0.2) is 31.0 Å². The Labute approximate surface area is 99.8 Å². The van der Waals surface area contributed by atoms with E-state index >= 15 is 0 Å². The highest BCUT2D eigenvalue weighted by atomic mass is 16.5. The Balaban J connectivity index is 2.31. The van der Waals surface area contributed by atoms with Crippen LogP contribution < -0.4 is 0 Å². The van der Waals surface area contributed by atoms with Crippen molar-refractivity contribution in [3.63, 3.8) is 0 Å². The van der Waals surface area contributed by atoms with E-state index in [2.05, 4.69) is 21.8 Å². The summed E-state index contributed by atoms with van der Waals surface area (Å²) in [5, 5.41) is 8.22. The molecular weight excluding hydrogens is 216 g/mol. The molecule has 2 aromatic rings. The Kier molecular flexibility index (Phi) is 3.18. The van der Waals surface area contributed by atoms with E-state index in [1.165, 1.54) is 4.80 Å². The van der Waals surface area contributed by atoms with Crippen molar-refractivity contribution in [2.24, 2.45) is 7.05 Å². The quantitative estimate of drug-likeness (QED) is 0.752. The van der Waals surface area contributed by atoms with Gasteiger partial charge >= 0.3 is 0 Å². The van der Waals surface area contributed by atoms with Crippen molar-refractivity contribution in [2.45, 2.75) is 6.92 Å². The maximum atomic E-state index is 5.33. The van der Waals surface area contributed by atoms with Crippen LogP contribution in [0.4, 0.5) is 0 Å². The number of hydrogen-bond acceptors (Lipinski definition) is 4. The van der Waals surface area contributed by atoms with Crippen LogP contribution in [0.1, 0.15) is 12.6 Å². The van der Waals surface area contributed by atoms with Crippen LogP contribution >= 0.6 is 0 Å². The number of ether oxygens (including phenoxy) is 1. The molecule has 0 saturated carbocycles. The Morgan fingerprint density at radius 3 is 2.88 bits per heavy atom. The highest BCUT2D eigenvalue weighted by molar-refractivity contribution is 5.59. The summed E-state index contributed by atoms with van der Waals surface area (Å²) in [5.41, 5.74) is 2.21. The minimum Gasteiger partial charge on any atom is -0.492 e. The van der Waals surface area contributed by atoms with E-state index < -0.39 is 0 Å². The molecule has 0 N–H and O–H groups in total. The van der Waals surface area contributed by atoms with Crippen LogP contribution in [0.5, 0.6) is 0 Å². The van der Waals surface area contributed by atoms with Gasteiger partial charge < -0.3 is 4.74 Å². The fraction of sp³-hybridized carbons (Fsp3) is 0.250. The van der Waals surface area contributed by atoms with Gasteiger partial charge in [0.05, 0.1) is 18.5 Å². The number of nitrogens with zero attached hydrogens (tertiary/aromatic N) is 4. The van der Waals surface area contributed by atoms with E-state index in [1.807, 2.05) is 25.1 Å². The molecular formula is C12H14N4O. The molecule has 17 heavy (non-hydrogen) atoms. The number of aromatic nitrogens is 4. The van der Waals surface area contributed by atoms with Crippen molar-refractivity contribution in [3.8, 4) is 11.4 Å². The third kappa shape index (κ3) is 2.50. The van der Waals surface area contributed by atoms with Gasteiger partial charge in [-0.2, -0.15) is 15.0 Å². The molecule has 0 bridgehead atoms. The minimum absolute atomic E-state index is 0.568. The summed E-state index contributed by atoms with van der Waals surface area (Å²) < 4.78 is 5.33. The molecule has 0 unspecified atom stereocenters. The van der Waals surface area contributed by atoms with Crippen molar-refractivity contribution < 1.29 is 4.74 Å². The third-order valence-corrected chi connectivity index (χ3v) is 2.22. The second-order valence-corrected chi connectivity index (χ2v) is 3.48. The first-order valence-electron chi connectivity index (χ1n) is 5.36. The summed E-state index contributed by atoms with van der Waals surface area (Å²) in [6, 6.07) is 5.64. The molecule has 0 radical (unpaired) electrons. The van der Waals surface area contributed by atoms with Gasteiger partial charge in [0.1, 0.15) is 17.1 Å². The topological polar surface area (TPSA) is 52.8 Å². The fourth-order valence-electron chi connectivity index (χ4n) is 1.44. The predicted molar refractivity (Wildman–Crippen MR) is 64.9 cm³/mol. The first kappa shape index (κ1) is 11.3. The van der Waals surface area contributed by atoms with Crippen LogP contribution in [-0.4, -0.2) is 26.6 Å². The van der Waals surface area contributed by atoms with Crippen molar-refractivity contribution >= 4 is 5.76 Å². The molecule has 0 aliphatic rings. The van der Waals surface area contributed by atoms with Gasteiger partial charge in [0.15, 0.2) is 0 Å². The molecule has 5 nitrogen and oxygen atoms in total. The lowest BCUT2D eigenvalue weighted by Gasteiger charge is -2.06. The van der Waals surface area contributed by atoms with Gasteiger partial charge in [-0.25, -0.2) is 4.98 Å². The Morgan fingerprint density at radius 2 is 2.24 bits per heavy atom. The highest BCUT2D eigenvalue weighted by Crippen LogP contribution is 2.17. The zero-order valence-electron chi connectivity index (χ0n) is 9.92. The van der Waals surface area contributed by atoms with Gasteiger partial charge in [-0.3, -0.25) is 0 Å². The van der Waals surface area contributed by atoms with Gasteiger partial charge in [-0.15, -0.1) is 0 Å². The van der Waals surface area contributed by atoms with Gasteiger partial charge in [0.2, 0.25) is 0 Å². The lowest BCUT2D eigenvalue weighted by atomic mass is 10.2. The molecule has 88 valence electrons.